The summed E-state index contributed by atoms with van der Waals surface area (Å²) in [6.07, 6.45) is 4.19. The quantitative estimate of drug-likeness (QED) is 0.747. The molecule has 0 spiro atoms. The molecular weight excluding hydrogens is 320 g/mol. The SMILES string of the molecule is CCN(C[C@@H]1CN(Cc2nc(C3CC3)no2)CCO1)c1cccnn1. The predicted molar refractivity (Wildman–Crippen MR) is 91.2 cm³/mol. The van der Waals surface area contributed by atoms with Crippen molar-refractivity contribution in [1.82, 2.24) is 25.2 Å². The Hall–Kier alpha value is -2.06. The lowest BCUT2D eigenvalue weighted by Crippen LogP contribution is -2.47. The highest BCUT2D eigenvalue weighted by Crippen LogP contribution is 2.38. The van der Waals surface area contributed by atoms with Crippen LogP contribution in [0, 0.1) is 0 Å². The van der Waals surface area contributed by atoms with Crippen molar-refractivity contribution in [2.45, 2.75) is 38.3 Å². The number of morpholine rings is 1. The van der Waals surface area contributed by atoms with Crippen LogP contribution in [0.2, 0.25) is 0 Å². The van der Waals surface area contributed by atoms with Crippen LogP contribution in [-0.2, 0) is 11.3 Å². The number of anilines is 1. The molecule has 0 radical (unpaired) electrons. The van der Waals surface area contributed by atoms with Gasteiger partial charge in [-0.2, -0.15) is 10.1 Å². The molecule has 0 aromatic carbocycles. The van der Waals surface area contributed by atoms with Gasteiger partial charge in [-0.05, 0) is 31.9 Å². The standard InChI is InChI=1S/C17H24N6O2/c1-2-23(15-4-3-7-18-20-15)11-14-10-22(8-9-24-14)12-16-19-17(21-25-16)13-5-6-13/h3-4,7,13-14H,2,5-6,8-12H2,1H3/t14-/m0/s1. The number of aromatic nitrogens is 4. The zero-order chi connectivity index (χ0) is 17.1. The Labute approximate surface area is 147 Å². The number of hydrogen-bond acceptors (Lipinski definition) is 8. The van der Waals surface area contributed by atoms with E-state index in [2.05, 4.69) is 37.1 Å². The minimum absolute atomic E-state index is 0.126. The first-order chi connectivity index (χ1) is 12.3. The molecule has 2 fully saturated rings. The van der Waals surface area contributed by atoms with Gasteiger partial charge in [0.1, 0.15) is 0 Å². The first-order valence-electron chi connectivity index (χ1n) is 9.01. The molecule has 8 nitrogen and oxygen atoms in total. The average Bonchev–Trinajstić information content (AvgIpc) is 3.40. The van der Waals surface area contributed by atoms with Gasteiger partial charge in [0.05, 0.1) is 19.3 Å². The highest BCUT2D eigenvalue weighted by Gasteiger charge is 2.30. The van der Waals surface area contributed by atoms with Gasteiger partial charge in [0.2, 0.25) is 5.89 Å². The fourth-order valence-corrected chi connectivity index (χ4v) is 3.16. The summed E-state index contributed by atoms with van der Waals surface area (Å²) in [5, 5.41) is 12.3. The van der Waals surface area contributed by atoms with Crippen LogP contribution < -0.4 is 4.90 Å². The van der Waals surface area contributed by atoms with Gasteiger partial charge in [-0.3, -0.25) is 4.90 Å². The lowest BCUT2D eigenvalue weighted by Gasteiger charge is -2.35. The highest BCUT2D eigenvalue weighted by atomic mass is 16.5. The van der Waals surface area contributed by atoms with Crippen molar-refractivity contribution in [1.29, 1.82) is 0 Å². The van der Waals surface area contributed by atoms with Crippen LogP contribution in [0.25, 0.3) is 0 Å². The fraction of sp³-hybridized carbons (Fsp3) is 0.647. The van der Waals surface area contributed by atoms with Gasteiger partial charge < -0.3 is 14.2 Å². The van der Waals surface area contributed by atoms with Crippen LogP contribution >= 0.6 is 0 Å². The molecule has 2 aromatic rings. The minimum atomic E-state index is 0.126. The third kappa shape index (κ3) is 4.13. The third-order valence-corrected chi connectivity index (χ3v) is 4.70. The molecule has 1 saturated heterocycles. The zero-order valence-electron chi connectivity index (χ0n) is 14.5. The largest absolute Gasteiger partial charge is 0.374 e. The van der Waals surface area contributed by atoms with E-state index in [9.17, 15) is 0 Å². The van der Waals surface area contributed by atoms with Gasteiger partial charge in [-0.15, -0.1) is 5.10 Å². The van der Waals surface area contributed by atoms with Gasteiger partial charge in [0.25, 0.3) is 0 Å². The van der Waals surface area contributed by atoms with Crippen LogP contribution in [-0.4, -0.2) is 64.1 Å². The topological polar surface area (TPSA) is 80.4 Å². The van der Waals surface area contributed by atoms with E-state index < -0.39 is 0 Å². The van der Waals surface area contributed by atoms with E-state index in [0.29, 0.717) is 25.0 Å². The van der Waals surface area contributed by atoms with Gasteiger partial charge in [0, 0.05) is 38.3 Å². The molecule has 1 atom stereocenters. The molecule has 25 heavy (non-hydrogen) atoms. The molecule has 2 aliphatic rings. The van der Waals surface area contributed by atoms with Crippen molar-refractivity contribution >= 4 is 5.82 Å². The van der Waals surface area contributed by atoms with E-state index >= 15 is 0 Å². The Morgan fingerprint density at radius 2 is 2.28 bits per heavy atom. The lowest BCUT2D eigenvalue weighted by molar-refractivity contribution is -0.0295. The minimum Gasteiger partial charge on any atom is -0.374 e. The van der Waals surface area contributed by atoms with E-state index in [1.807, 2.05) is 12.1 Å². The normalized spacial score (nSPS) is 21.4. The number of rotatable bonds is 7. The number of ether oxygens (including phenoxy) is 1. The summed E-state index contributed by atoms with van der Waals surface area (Å²) >= 11 is 0. The maximum absolute atomic E-state index is 5.95. The van der Waals surface area contributed by atoms with E-state index in [-0.39, 0.29) is 6.10 Å². The Bertz CT molecular complexity index is 675. The van der Waals surface area contributed by atoms with Crippen LogP contribution in [0.3, 0.4) is 0 Å². The molecule has 134 valence electrons. The second-order valence-corrected chi connectivity index (χ2v) is 6.67. The summed E-state index contributed by atoms with van der Waals surface area (Å²) in [6, 6.07) is 3.89. The van der Waals surface area contributed by atoms with Gasteiger partial charge in [0.15, 0.2) is 11.6 Å². The molecule has 0 bridgehead atoms. The van der Waals surface area contributed by atoms with E-state index in [4.69, 9.17) is 9.26 Å². The van der Waals surface area contributed by atoms with Crippen molar-refractivity contribution < 1.29 is 9.26 Å². The molecule has 1 aliphatic heterocycles. The van der Waals surface area contributed by atoms with E-state index in [0.717, 1.165) is 37.8 Å². The Kier molecular flexibility index (Phi) is 4.89. The highest BCUT2D eigenvalue weighted by molar-refractivity contribution is 5.36. The monoisotopic (exact) mass is 344 g/mol. The summed E-state index contributed by atoms with van der Waals surface area (Å²) in [6.45, 7) is 6.92. The summed E-state index contributed by atoms with van der Waals surface area (Å²) in [5.41, 5.74) is 0. The molecule has 2 aromatic heterocycles. The van der Waals surface area contributed by atoms with Crippen molar-refractivity contribution in [3.63, 3.8) is 0 Å². The van der Waals surface area contributed by atoms with Crippen molar-refractivity contribution in [3.05, 3.63) is 30.0 Å². The number of likely N-dealkylation sites (N-methyl/N-ethyl adjacent to an activating group) is 1. The van der Waals surface area contributed by atoms with Crippen LogP contribution in [0.15, 0.2) is 22.9 Å². The maximum Gasteiger partial charge on any atom is 0.240 e. The molecular formula is C17H24N6O2. The van der Waals surface area contributed by atoms with Crippen LogP contribution in [0.5, 0.6) is 0 Å². The third-order valence-electron chi connectivity index (χ3n) is 4.70. The van der Waals surface area contributed by atoms with Crippen LogP contribution in [0.1, 0.15) is 37.4 Å². The summed E-state index contributed by atoms with van der Waals surface area (Å²) in [5.74, 6) is 3.00. The summed E-state index contributed by atoms with van der Waals surface area (Å²) in [7, 11) is 0. The van der Waals surface area contributed by atoms with E-state index in [1.54, 1.807) is 6.20 Å². The lowest BCUT2D eigenvalue weighted by atomic mass is 10.2. The Balaban J connectivity index is 1.33. The smallest absolute Gasteiger partial charge is 0.240 e. The predicted octanol–water partition coefficient (Wildman–Crippen LogP) is 1.46. The van der Waals surface area contributed by atoms with E-state index in [1.165, 1.54) is 12.8 Å². The first kappa shape index (κ1) is 16.4. The second-order valence-electron chi connectivity index (χ2n) is 6.67. The Morgan fingerprint density at radius 1 is 1.36 bits per heavy atom. The molecule has 1 saturated carbocycles. The number of hydrogen-bond donors (Lipinski definition) is 0. The zero-order valence-corrected chi connectivity index (χ0v) is 14.5. The molecule has 0 amide bonds. The second kappa shape index (κ2) is 7.45. The molecule has 4 rings (SSSR count). The molecule has 3 heterocycles. The van der Waals surface area contributed by atoms with Gasteiger partial charge >= 0.3 is 0 Å². The van der Waals surface area contributed by atoms with Crippen molar-refractivity contribution in [3.8, 4) is 0 Å². The summed E-state index contributed by atoms with van der Waals surface area (Å²) in [4.78, 5) is 9.04. The first-order valence-corrected chi connectivity index (χ1v) is 9.01. The molecule has 0 unspecified atom stereocenters. The van der Waals surface area contributed by atoms with Gasteiger partial charge in [-0.25, -0.2) is 0 Å². The van der Waals surface area contributed by atoms with Crippen LogP contribution in [0.4, 0.5) is 5.82 Å². The Morgan fingerprint density at radius 3 is 3.04 bits per heavy atom. The fourth-order valence-electron chi connectivity index (χ4n) is 3.16. The summed E-state index contributed by atoms with van der Waals surface area (Å²) < 4.78 is 11.4. The number of nitrogens with zero attached hydrogens (tertiary/aromatic N) is 6. The molecule has 8 heteroatoms. The maximum atomic E-state index is 5.95. The van der Waals surface area contributed by atoms with Gasteiger partial charge in [-0.1, -0.05) is 5.16 Å². The molecule has 0 N–H and O–H groups in total. The average molecular weight is 344 g/mol. The molecule has 1 aliphatic carbocycles. The van der Waals surface area contributed by atoms with Crippen molar-refractivity contribution in [2.24, 2.45) is 0 Å². The van der Waals surface area contributed by atoms with Crippen molar-refractivity contribution in [2.75, 3.05) is 37.7 Å².